The number of thioether (sulfide) groups is 1. The van der Waals surface area contributed by atoms with Crippen LogP contribution in [0.3, 0.4) is 0 Å². The average Bonchev–Trinajstić information content (AvgIpc) is 2.25. The van der Waals surface area contributed by atoms with Crippen LogP contribution in [0.1, 0.15) is 25.8 Å². The Morgan fingerprint density at radius 2 is 1.95 bits per heavy atom. The first-order valence-electron chi connectivity index (χ1n) is 6.26. The van der Waals surface area contributed by atoms with Gasteiger partial charge in [-0.1, -0.05) is 26.0 Å². The minimum atomic E-state index is -4.72. The molecule has 0 spiro atoms. The highest BCUT2D eigenvalue weighted by molar-refractivity contribution is 7.99. The monoisotopic (exact) mass is 306 g/mol. The van der Waals surface area contributed by atoms with Gasteiger partial charge in [0.05, 0.1) is 5.60 Å². The maximum Gasteiger partial charge on any atom is 0.573 e. The van der Waals surface area contributed by atoms with Crippen molar-refractivity contribution in [1.29, 1.82) is 0 Å². The van der Waals surface area contributed by atoms with E-state index in [1.54, 1.807) is 17.8 Å². The number of halogens is 3. The first-order valence-corrected chi connectivity index (χ1v) is 7.42. The Hall–Kier alpha value is -0.880. The van der Waals surface area contributed by atoms with Crippen LogP contribution in [0.15, 0.2) is 24.3 Å². The van der Waals surface area contributed by atoms with Gasteiger partial charge in [-0.15, -0.1) is 13.2 Å². The molecule has 1 N–H and O–H groups in total. The number of ether oxygens (including phenoxy) is 1. The summed E-state index contributed by atoms with van der Waals surface area (Å²) < 4.78 is 40.6. The van der Waals surface area contributed by atoms with Crippen LogP contribution in [0.5, 0.6) is 5.75 Å². The van der Waals surface area contributed by atoms with Crippen LogP contribution in [0.25, 0.3) is 0 Å². The number of benzene rings is 1. The SMILES string of the molecule is CC1(C)CSCC(O)(c2cccc(OC(F)(F)F)c2)C1. The average molecular weight is 306 g/mol. The number of alkyl halides is 3. The highest BCUT2D eigenvalue weighted by Gasteiger charge is 2.40. The fourth-order valence-corrected chi connectivity index (χ4v) is 3.92. The molecule has 1 fully saturated rings. The van der Waals surface area contributed by atoms with Gasteiger partial charge in [-0.05, 0) is 35.3 Å². The standard InChI is InChI=1S/C14H17F3O2S/c1-12(2)7-13(18,9-20-8-12)10-4-3-5-11(6-10)19-14(15,16)17/h3-6,18H,7-9H2,1-2H3. The Balaban J connectivity index is 2.26. The summed E-state index contributed by atoms with van der Waals surface area (Å²) in [7, 11) is 0. The van der Waals surface area contributed by atoms with Crippen molar-refractivity contribution < 1.29 is 23.0 Å². The minimum absolute atomic E-state index is 0.0570. The van der Waals surface area contributed by atoms with Crippen molar-refractivity contribution in [3.8, 4) is 5.75 Å². The van der Waals surface area contributed by atoms with Crippen LogP contribution < -0.4 is 4.74 Å². The van der Waals surface area contributed by atoms with E-state index in [9.17, 15) is 18.3 Å². The summed E-state index contributed by atoms with van der Waals surface area (Å²) in [5, 5.41) is 10.7. The van der Waals surface area contributed by atoms with Gasteiger partial charge < -0.3 is 9.84 Å². The van der Waals surface area contributed by atoms with E-state index >= 15 is 0 Å². The van der Waals surface area contributed by atoms with Crippen LogP contribution in [0, 0.1) is 5.41 Å². The molecule has 2 rings (SSSR count). The van der Waals surface area contributed by atoms with Crippen LogP contribution in [0.2, 0.25) is 0 Å². The summed E-state index contributed by atoms with van der Waals surface area (Å²) in [5.74, 6) is 1.11. The molecule has 0 radical (unpaired) electrons. The zero-order valence-electron chi connectivity index (χ0n) is 11.3. The molecule has 112 valence electrons. The molecule has 1 aliphatic rings. The molecule has 1 aliphatic heterocycles. The third kappa shape index (κ3) is 3.82. The molecule has 0 amide bonds. The topological polar surface area (TPSA) is 29.5 Å². The van der Waals surface area contributed by atoms with Gasteiger partial charge in [-0.25, -0.2) is 0 Å². The first-order chi connectivity index (χ1) is 9.10. The zero-order valence-corrected chi connectivity index (χ0v) is 12.1. The summed E-state index contributed by atoms with van der Waals surface area (Å²) >= 11 is 1.61. The molecule has 0 aliphatic carbocycles. The van der Waals surface area contributed by atoms with Crippen molar-refractivity contribution >= 4 is 11.8 Å². The van der Waals surface area contributed by atoms with Crippen molar-refractivity contribution in [1.82, 2.24) is 0 Å². The first kappa shape index (κ1) is 15.5. The lowest BCUT2D eigenvalue weighted by atomic mass is 9.78. The summed E-state index contributed by atoms with van der Waals surface area (Å²) in [4.78, 5) is 0. The Labute approximate surface area is 120 Å². The smallest absolute Gasteiger partial charge is 0.406 e. The second-order valence-corrected chi connectivity index (χ2v) is 6.93. The van der Waals surface area contributed by atoms with Gasteiger partial charge >= 0.3 is 6.36 Å². The molecule has 6 heteroatoms. The van der Waals surface area contributed by atoms with E-state index < -0.39 is 12.0 Å². The summed E-state index contributed by atoms with van der Waals surface area (Å²) in [6, 6.07) is 5.63. The fraction of sp³-hybridized carbons (Fsp3) is 0.571. The molecular formula is C14H17F3O2S. The predicted molar refractivity (Wildman–Crippen MR) is 72.7 cm³/mol. The Morgan fingerprint density at radius 3 is 2.55 bits per heavy atom. The Kier molecular flexibility index (Phi) is 3.99. The van der Waals surface area contributed by atoms with Crippen LogP contribution in [0.4, 0.5) is 13.2 Å². The molecule has 1 atom stereocenters. The lowest BCUT2D eigenvalue weighted by molar-refractivity contribution is -0.274. The molecule has 1 saturated heterocycles. The predicted octanol–water partition coefficient (Wildman–Crippen LogP) is 3.94. The highest BCUT2D eigenvalue weighted by Crippen LogP contribution is 2.45. The van der Waals surface area contributed by atoms with Gasteiger partial charge in [-0.2, -0.15) is 11.8 Å². The van der Waals surface area contributed by atoms with Gasteiger partial charge in [0.1, 0.15) is 5.75 Å². The Bertz CT molecular complexity index is 488. The van der Waals surface area contributed by atoms with E-state index in [4.69, 9.17) is 0 Å². The van der Waals surface area contributed by atoms with Crippen molar-refractivity contribution in [2.75, 3.05) is 11.5 Å². The molecule has 1 aromatic rings. The van der Waals surface area contributed by atoms with Crippen molar-refractivity contribution in [3.63, 3.8) is 0 Å². The largest absolute Gasteiger partial charge is 0.573 e. The van der Waals surface area contributed by atoms with Crippen molar-refractivity contribution in [2.45, 2.75) is 32.2 Å². The van der Waals surface area contributed by atoms with Gasteiger partial charge in [0.25, 0.3) is 0 Å². The van der Waals surface area contributed by atoms with Crippen LogP contribution >= 0.6 is 11.8 Å². The molecule has 0 bridgehead atoms. The fourth-order valence-electron chi connectivity index (χ4n) is 2.56. The third-order valence-electron chi connectivity index (χ3n) is 3.21. The highest BCUT2D eigenvalue weighted by atomic mass is 32.2. The van der Waals surface area contributed by atoms with Crippen LogP contribution in [-0.2, 0) is 5.60 Å². The van der Waals surface area contributed by atoms with Gasteiger partial charge in [0.15, 0.2) is 0 Å². The van der Waals surface area contributed by atoms with Crippen molar-refractivity contribution in [2.24, 2.45) is 5.41 Å². The molecule has 0 saturated carbocycles. The summed E-state index contributed by atoms with van der Waals surface area (Å²) in [6.45, 7) is 4.08. The normalized spacial score (nSPS) is 26.3. The number of hydrogen-bond donors (Lipinski definition) is 1. The third-order valence-corrected chi connectivity index (χ3v) is 4.88. The lowest BCUT2D eigenvalue weighted by Crippen LogP contribution is -2.40. The quantitative estimate of drug-likeness (QED) is 0.897. The van der Waals surface area contributed by atoms with Gasteiger partial charge in [-0.3, -0.25) is 0 Å². The van der Waals surface area contributed by atoms with E-state index in [-0.39, 0.29) is 11.2 Å². The van der Waals surface area contributed by atoms with E-state index in [1.807, 2.05) is 13.8 Å². The molecule has 20 heavy (non-hydrogen) atoms. The summed E-state index contributed by atoms with van der Waals surface area (Å²) in [5.41, 5.74) is -0.699. The molecule has 1 aromatic carbocycles. The molecular weight excluding hydrogens is 289 g/mol. The zero-order chi connectivity index (χ0) is 15.0. The Morgan fingerprint density at radius 1 is 1.25 bits per heavy atom. The van der Waals surface area contributed by atoms with E-state index in [0.717, 1.165) is 5.75 Å². The minimum Gasteiger partial charge on any atom is -0.406 e. The van der Waals surface area contributed by atoms with Gasteiger partial charge in [0.2, 0.25) is 0 Å². The lowest BCUT2D eigenvalue weighted by Gasteiger charge is -2.41. The van der Waals surface area contributed by atoms with Crippen LogP contribution in [-0.4, -0.2) is 23.0 Å². The van der Waals surface area contributed by atoms with E-state index in [2.05, 4.69) is 4.74 Å². The number of rotatable bonds is 2. The second kappa shape index (κ2) is 5.15. The molecule has 1 heterocycles. The maximum absolute atomic E-state index is 12.2. The summed E-state index contributed by atoms with van der Waals surface area (Å²) in [6.07, 6.45) is -4.20. The second-order valence-electron chi connectivity index (χ2n) is 5.94. The molecule has 1 unspecified atom stereocenters. The maximum atomic E-state index is 12.2. The van der Waals surface area contributed by atoms with E-state index in [1.165, 1.54) is 18.2 Å². The van der Waals surface area contributed by atoms with Gasteiger partial charge in [0, 0.05) is 5.75 Å². The number of aliphatic hydroxyl groups is 1. The molecule has 0 aromatic heterocycles. The molecule has 2 nitrogen and oxygen atoms in total. The number of hydrogen-bond acceptors (Lipinski definition) is 3. The van der Waals surface area contributed by atoms with E-state index in [0.29, 0.717) is 17.7 Å². The van der Waals surface area contributed by atoms with Crippen molar-refractivity contribution in [3.05, 3.63) is 29.8 Å².